The topological polar surface area (TPSA) is 122 Å². The number of nitrogens with zero attached hydrogens (tertiary/aromatic N) is 1. The van der Waals surface area contributed by atoms with Crippen LogP contribution >= 0.6 is 11.8 Å². The molecule has 0 fully saturated rings. The summed E-state index contributed by atoms with van der Waals surface area (Å²) in [5, 5.41) is 14.4. The minimum absolute atomic E-state index is 0.211. The van der Waals surface area contributed by atoms with Crippen LogP contribution in [0.15, 0.2) is 40.3 Å². The van der Waals surface area contributed by atoms with Crippen LogP contribution in [0.4, 0.5) is 11.4 Å². The summed E-state index contributed by atoms with van der Waals surface area (Å²) >= 11 is 0.938. The first-order valence-electron chi connectivity index (χ1n) is 8.73. The molecular weight excluding hydrogens is 382 g/mol. The van der Waals surface area contributed by atoms with E-state index >= 15 is 0 Å². The number of oxazole rings is 1. The standard InChI is InChI=1S/C19H23N3O5S/c1-10(2)16(23)21-13-6-5-12(9-14(13)22-17(24)11(3)4)15(18(25)26)28-19-20-7-8-27-19/h5-11,15H,1-4H3,(H,21,23)(H,22,24)(H,25,26). The van der Waals surface area contributed by atoms with E-state index in [9.17, 15) is 19.5 Å². The Balaban J connectivity index is 2.40. The number of carbonyl (C=O) groups excluding carboxylic acids is 2. The number of aliphatic carboxylic acids is 1. The Kier molecular flexibility index (Phi) is 7.22. The van der Waals surface area contributed by atoms with Gasteiger partial charge in [0.05, 0.1) is 17.6 Å². The molecule has 0 aliphatic heterocycles. The van der Waals surface area contributed by atoms with Crippen molar-refractivity contribution in [2.24, 2.45) is 11.8 Å². The lowest BCUT2D eigenvalue weighted by Gasteiger charge is -2.18. The average Bonchev–Trinajstić information content (AvgIpc) is 3.13. The first kappa shape index (κ1) is 21.5. The van der Waals surface area contributed by atoms with E-state index in [1.807, 2.05) is 0 Å². The Bertz CT molecular complexity index is 849. The van der Waals surface area contributed by atoms with Crippen molar-refractivity contribution in [3.8, 4) is 0 Å². The number of thioether (sulfide) groups is 1. The highest BCUT2D eigenvalue weighted by Gasteiger charge is 2.25. The van der Waals surface area contributed by atoms with Gasteiger partial charge in [0.25, 0.3) is 5.22 Å². The van der Waals surface area contributed by atoms with Crippen molar-refractivity contribution in [3.63, 3.8) is 0 Å². The van der Waals surface area contributed by atoms with Crippen LogP contribution < -0.4 is 10.6 Å². The number of rotatable bonds is 8. The molecule has 0 saturated carbocycles. The minimum atomic E-state index is -1.08. The van der Waals surface area contributed by atoms with Crippen LogP contribution in [0.2, 0.25) is 0 Å². The Labute approximate surface area is 167 Å². The number of aromatic nitrogens is 1. The molecule has 0 saturated heterocycles. The molecule has 2 rings (SSSR count). The number of carboxylic acid groups (broad SMARTS) is 1. The summed E-state index contributed by atoms with van der Waals surface area (Å²) in [6.45, 7) is 6.99. The second-order valence-electron chi connectivity index (χ2n) is 6.73. The third-order valence-electron chi connectivity index (χ3n) is 3.76. The van der Waals surface area contributed by atoms with Gasteiger partial charge in [0, 0.05) is 11.8 Å². The number of carboxylic acids is 1. The Morgan fingerprint density at radius 2 is 1.64 bits per heavy atom. The fourth-order valence-corrected chi connectivity index (χ4v) is 2.94. The van der Waals surface area contributed by atoms with E-state index in [1.54, 1.807) is 45.9 Å². The predicted molar refractivity (Wildman–Crippen MR) is 106 cm³/mol. The molecule has 8 nitrogen and oxygen atoms in total. The number of benzene rings is 1. The summed E-state index contributed by atoms with van der Waals surface area (Å²) in [6, 6.07) is 4.72. The molecule has 1 heterocycles. The Morgan fingerprint density at radius 1 is 1.04 bits per heavy atom. The summed E-state index contributed by atoms with van der Waals surface area (Å²) in [7, 11) is 0. The van der Waals surface area contributed by atoms with Crippen LogP contribution in [0.25, 0.3) is 0 Å². The smallest absolute Gasteiger partial charge is 0.321 e. The lowest BCUT2D eigenvalue weighted by molar-refractivity contribution is -0.136. The van der Waals surface area contributed by atoms with Crippen LogP contribution in [0, 0.1) is 11.8 Å². The molecule has 1 aromatic heterocycles. The van der Waals surface area contributed by atoms with Crippen LogP contribution in [0.3, 0.4) is 0 Å². The third kappa shape index (κ3) is 5.59. The van der Waals surface area contributed by atoms with Crippen LogP contribution in [0.1, 0.15) is 38.5 Å². The van der Waals surface area contributed by atoms with Crippen LogP contribution in [-0.2, 0) is 14.4 Å². The third-order valence-corrected chi connectivity index (χ3v) is 4.88. The maximum absolute atomic E-state index is 12.2. The Morgan fingerprint density at radius 3 is 2.14 bits per heavy atom. The van der Waals surface area contributed by atoms with Crippen molar-refractivity contribution in [2.45, 2.75) is 38.2 Å². The van der Waals surface area contributed by atoms with Gasteiger partial charge in [0.2, 0.25) is 11.8 Å². The molecule has 0 aliphatic carbocycles. The van der Waals surface area contributed by atoms with Gasteiger partial charge in [-0.1, -0.05) is 33.8 Å². The molecule has 9 heteroatoms. The van der Waals surface area contributed by atoms with Gasteiger partial charge >= 0.3 is 5.97 Å². The first-order chi connectivity index (χ1) is 13.2. The minimum Gasteiger partial charge on any atom is -0.480 e. The molecule has 150 valence electrons. The van der Waals surface area contributed by atoms with E-state index in [0.717, 1.165) is 11.8 Å². The number of nitrogens with one attached hydrogen (secondary N) is 2. The molecule has 2 amide bonds. The van der Waals surface area contributed by atoms with E-state index in [-0.39, 0.29) is 28.9 Å². The second kappa shape index (κ2) is 9.41. The largest absolute Gasteiger partial charge is 0.480 e. The van der Waals surface area contributed by atoms with Gasteiger partial charge in [-0.25, -0.2) is 4.98 Å². The number of hydrogen-bond donors (Lipinski definition) is 3. The predicted octanol–water partition coefficient (Wildman–Crippen LogP) is 3.78. The number of carbonyl (C=O) groups is 3. The van der Waals surface area contributed by atoms with Gasteiger partial charge in [0.15, 0.2) is 0 Å². The van der Waals surface area contributed by atoms with Gasteiger partial charge in [0.1, 0.15) is 11.5 Å². The highest BCUT2D eigenvalue weighted by molar-refractivity contribution is 8.00. The zero-order chi connectivity index (χ0) is 20.8. The molecular formula is C19H23N3O5S. The van der Waals surface area contributed by atoms with Crippen molar-refractivity contribution in [1.82, 2.24) is 4.98 Å². The van der Waals surface area contributed by atoms with E-state index < -0.39 is 11.2 Å². The van der Waals surface area contributed by atoms with Crippen molar-refractivity contribution in [1.29, 1.82) is 0 Å². The van der Waals surface area contributed by atoms with Crippen LogP contribution in [0.5, 0.6) is 0 Å². The molecule has 1 atom stereocenters. The zero-order valence-electron chi connectivity index (χ0n) is 16.1. The number of anilines is 2. The molecule has 3 N–H and O–H groups in total. The van der Waals surface area contributed by atoms with E-state index in [1.165, 1.54) is 12.5 Å². The zero-order valence-corrected chi connectivity index (χ0v) is 16.9. The monoisotopic (exact) mass is 405 g/mol. The summed E-state index contributed by atoms with van der Waals surface area (Å²) in [6.07, 6.45) is 2.79. The van der Waals surface area contributed by atoms with Crippen molar-refractivity contribution in [3.05, 3.63) is 36.2 Å². The maximum Gasteiger partial charge on any atom is 0.321 e. The Hall–Kier alpha value is -2.81. The molecule has 0 radical (unpaired) electrons. The SMILES string of the molecule is CC(C)C(=O)Nc1ccc(C(Sc2ncco2)C(=O)O)cc1NC(=O)C(C)C. The second-order valence-corrected chi connectivity index (χ2v) is 7.78. The van der Waals surface area contributed by atoms with Crippen molar-refractivity contribution >= 4 is 40.9 Å². The fraction of sp³-hybridized carbons (Fsp3) is 0.368. The summed E-state index contributed by atoms with van der Waals surface area (Å²) in [4.78, 5) is 40.0. The molecule has 2 aromatic rings. The number of amides is 2. The summed E-state index contributed by atoms with van der Waals surface area (Å²) in [5.74, 6) is -2.07. The van der Waals surface area contributed by atoms with Crippen molar-refractivity contribution < 1.29 is 23.9 Å². The van der Waals surface area contributed by atoms with E-state index in [2.05, 4.69) is 15.6 Å². The van der Waals surface area contributed by atoms with Gasteiger partial charge < -0.3 is 20.2 Å². The maximum atomic E-state index is 12.2. The molecule has 1 aromatic carbocycles. The summed E-state index contributed by atoms with van der Waals surface area (Å²) in [5.41, 5.74) is 1.17. The highest BCUT2D eigenvalue weighted by Crippen LogP contribution is 2.37. The molecule has 0 aliphatic rings. The van der Waals surface area contributed by atoms with Crippen molar-refractivity contribution in [2.75, 3.05) is 10.6 Å². The van der Waals surface area contributed by atoms with Gasteiger partial charge in [-0.3, -0.25) is 14.4 Å². The molecule has 0 bridgehead atoms. The first-order valence-corrected chi connectivity index (χ1v) is 9.61. The van der Waals surface area contributed by atoms with Gasteiger partial charge in [-0.15, -0.1) is 0 Å². The molecule has 0 spiro atoms. The normalized spacial score (nSPS) is 12.1. The highest BCUT2D eigenvalue weighted by atomic mass is 32.2. The molecule has 1 unspecified atom stereocenters. The summed E-state index contributed by atoms with van der Waals surface area (Å²) < 4.78 is 5.13. The van der Waals surface area contributed by atoms with Crippen LogP contribution in [-0.4, -0.2) is 27.9 Å². The fourth-order valence-electron chi connectivity index (χ4n) is 2.12. The van der Waals surface area contributed by atoms with E-state index in [0.29, 0.717) is 16.9 Å². The quantitative estimate of drug-likeness (QED) is 0.571. The average molecular weight is 405 g/mol. The lowest BCUT2D eigenvalue weighted by atomic mass is 10.1. The lowest BCUT2D eigenvalue weighted by Crippen LogP contribution is -2.22. The van der Waals surface area contributed by atoms with Gasteiger partial charge in [-0.05, 0) is 29.5 Å². The van der Waals surface area contributed by atoms with Gasteiger partial charge in [-0.2, -0.15) is 0 Å². The molecule has 28 heavy (non-hydrogen) atoms. The number of hydrogen-bond acceptors (Lipinski definition) is 6. The van der Waals surface area contributed by atoms with E-state index in [4.69, 9.17) is 4.42 Å².